The summed E-state index contributed by atoms with van der Waals surface area (Å²) in [6.45, 7) is 1.27. The predicted molar refractivity (Wildman–Crippen MR) is 89.4 cm³/mol. The lowest BCUT2D eigenvalue weighted by Crippen LogP contribution is -2.54. The molecule has 3 unspecified atom stereocenters. The zero-order chi connectivity index (χ0) is 19.9. The van der Waals surface area contributed by atoms with E-state index in [-0.39, 0.29) is 12.8 Å². The van der Waals surface area contributed by atoms with E-state index >= 15 is 0 Å². The fourth-order valence-electron chi connectivity index (χ4n) is 2.64. The van der Waals surface area contributed by atoms with Gasteiger partial charge in [-0.05, 0) is 26.2 Å². The van der Waals surface area contributed by atoms with Gasteiger partial charge < -0.3 is 32.1 Å². The summed E-state index contributed by atoms with van der Waals surface area (Å²) in [5, 5.41) is 13.3. The van der Waals surface area contributed by atoms with Gasteiger partial charge in [0.1, 0.15) is 18.6 Å². The molecule has 0 radical (unpaired) electrons. The lowest BCUT2D eigenvalue weighted by atomic mass is 10.1. The van der Waals surface area contributed by atoms with Crippen molar-refractivity contribution in [3.05, 3.63) is 0 Å². The molecule has 0 aliphatic carbocycles. The number of likely N-dealkylation sites (tertiary alicyclic amines) is 1. The summed E-state index contributed by atoms with van der Waals surface area (Å²) in [5.41, 5.74) is 10.6. The number of carbonyl (C=O) groups is 5. The van der Waals surface area contributed by atoms with E-state index in [1.807, 2.05) is 0 Å². The Morgan fingerprint density at radius 1 is 1.27 bits per heavy atom. The zero-order valence-electron chi connectivity index (χ0n) is 14.6. The third-order valence-corrected chi connectivity index (χ3v) is 4.02. The van der Waals surface area contributed by atoms with Gasteiger partial charge >= 0.3 is 5.97 Å². The lowest BCUT2D eigenvalue weighted by Gasteiger charge is -2.27. The first-order chi connectivity index (χ1) is 12.1. The molecule has 3 atom stereocenters. The summed E-state index contributed by atoms with van der Waals surface area (Å²) in [4.78, 5) is 59.1. The molecule has 11 heteroatoms. The Morgan fingerprint density at radius 3 is 2.50 bits per heavy atom. The highest BCUT2D eigenvalue weighted by Crippen LogP contribution is 2.18. The molecule has 26 heavy (non-hydrogen) atoms. The van der Waals surface area contributed by atoms with E-state index in [1.54, 1.807) is 0 Å². The van der Waals surface area contributed by atoms with E-state index < -0.39 is 54.3 Å². The first-order valence-corrected chi connectivity index (χ1v) is 8.27. The molecule has 1 fully saturated rings. The number of carboxylic acid groups (broad SMARTS) is 1. The van der Waals surface area contributed by atoms with Crippen LogP contribution in [0.4, 0.5) is 0 Å². The Hall–Kier alpha value is -2.69. The first-order valence-electron chi connectivity index (χ1n) is 8.27. The van der Waals surface area contributed by atoms with Crippen LogP contribution < -0.4 is 22.1 Å². The summed E-state index contributed by atoms with van der Waals surface area (Å²) in [6, 6.07) is -2.68. The summed E-state index contributed by atoms with van der Waals surface area (Å²) < 4.78 is 0. The summed E-state index contributed by atoms with van der Waals surface area (Å²) in [6.07, 6.45) is 1.02. The highest BCUT2D eigenvalue weighted by Gasteiger charge is 2.36. The highest BCUT2D eigenvalue weighted by molar-refractivity contribution is 5.94. The number of primary amides is 1. The molecule has 0 aromatic rings. The minimum absolute atomic E-state index is 0.0468. The molecule has 146 valence electrons. The minimum atomic E-state index is -1.18. The van der Waals surface area contributed by atoms with Crippen molar-refractivity contribution in [3.63, 3.8) is 0 Å². The Kier molecular flexibility index (Phi) is 7.97. The second kappa shape index (κ2) is 9.70. The van der Waals surface area contributed by atoms with Crippen LogP contribution in [-0.2, 0) is 24.0 Å². The van der Waals surface area contributed by atoms with Crippen molar-refractivity contribution in [3.8, 4) is 0 Å². The summed E-state index contributed by atoms with van der Waals surface area (Å²) in [5.74, 6) is -3.37. The second-order valence-corrected chi connectivity index (χ2v) is 6.14. The van der Waals surface area contributed by atoms with Crippen LogP contribution >= 0.6 is 0 Å². The average Bonchev–Trinajstić information content (AvgIpc) is 3.06. The van der Waals surface area contributed by atoms with Crippen LogP contribution in [0.25, 0.3) is 0 Å². The zero-order valence-corrected chi connectivity index (χ0v) is 14.6. The number of hydrogen-bond donors (Lipinski definition) is 5. The second-order valence-electron chi connectivity index (χ2n) is 6.14. The fourth-order valence-corrected chi connectivity index (χ4v) is 2.64. The fraction of sp³-hybridized carbons (Fsp3) is 0.667. The van der Waals surface area contributed by atoms with Crippen molar-refractivity contribution in [2.75, 3.05) is 13.1 Å². The maximum Gasteiger partial charge on any atom is 0.322 e. The van der Waals surface area contributed by atoms with E-state index in [0.29, 0.717) is 19.4 Å². The molecular weight excluding hydrogens is 346 g/mol. The smallest absolute Gasteiger partial charge is 0.322 e. The van der Waals surface area contributed by atoms with Crippen LogP contribution in [0, 0.1) is 0 Å². The van der Waals surface area contributed by atoms with E-state index in [4.69, 9.17) is 16.6 Å². The quantitative estimate of drug-likeness (QED) is 0.291. The number of carbonyl (C=O) groups excluding carboxylic acids is 4. The first kappa shape index (κ1) is 21.4. The Balaban J connectivity index is 2.60. The molecule has 1 aliphatic rings. The monoisotopic (exact) mass is 371 g/mol. The topological polar surface area (TPSA) is 185 Å². The van der Waals surface area contributed by atoms with Gasteiger partial charge in [0, 0.05) is 13.0 Å². The molecule has 0 spiro atoms. The van der Waals surface area contributed by atoms with Gasteiger partial charge in [0.05, 0.1) is 6.04 Å². The van der Waals surface area contributed by atoms with E-state index in [0.717, 1.165) is 0 Å². The van der Waals surface area contributed by atoms with Crippen molar-refractivity contribution in [1.29, 1.82) is 0 Å². The third kappa shape index (κ3) is 6.31. The van der Waals surface area contributed by atoms with Gasteiger partial charge in [0.25, 0.3) is 0 Å². The van der Waals surface area contributed by atoms with Gasteiger partial charge in [0.2, 0.25) is 23.6 Å². The number of aliphatic carboxylic acids is 1. The molecule has 11 nitrogen and oxygen atoms in total. The molecule has 4 amide bonds. The molecule has 1 saturated heterocycles. The van der Waals surface area contributed by atoms with E-state index in [9.17, 15) is 24.0 Å². The number of amides is 4. The van der Waals surface area contributed by atoms with Gasteiger partial charge in [-0.1, -0.05) is 0 Å². The predicted octanol–water partition coefficient (Wildman–Crippen LogP) is -2.72. The maximum atomic E-state index is 12.5. The van der Waals surface area contributed by atoms with Crippen LogP contribution in [0.15, 0.2) is 0 Å². The van der Waals surface area contributed by atoms with Gasteiger partial charge in [-0.25, -0.2) is 0 Å². The summed E-state index contributed by atoms with van der Waals surface area (Å²) >= 11 is 0. The van der Waals surface area contributed by atoms with Gasteiger partial charge in [-0.3, -0.25) is 24.0 Å². The van der Waals surface area contributed by atoms with Crippen molar-refractivity contribution < 1.29 is 29.1 Å². The van der Waals surface area contributed by atoms with Gasteiger partial charge in [0.15, 0.2) is 0 Å². The van der Waals surface area contributed by atoms with Crippen LogP contribution in [0.2, 0.25) is 0 Å². The van der Waals surface area contributed by atoms with Crippen molar-refractivity contribution in [2.24, 2.45) is 11.5 Å². The van der Waals surface area contributed by atoms with Gasteiger partial charge in [-0.15, -0.1) is 0 Å². The molecule has 1 aliphatic heterocycles. The van der Waals surface area contributed by atoms with Crippen molar-refractivity contribution >= 4 is 29.6 Å². The molecule has 0 saturated carbocycles. The molecule has 0 aromatic heterocycles. The average molecular weight is 371 g/mol. The number of carboxylic acids is 1. The van der Waals surface area contributed by atoms with Crippen molar-refractivity contribution in [1.82, 2.24) is 15.5 Å². The normalized spacial score (nSPS) is 18.7. The molecule has 1 heterocycles. The molecule has 1 rings (SSSR count). The Bertz CT molecular complexity index is 581. The Labute approximate surface area is 150 Å². The van der Waals surface area contributed by atoms with E-state index in [1.165, 1.54) is 11.8 Å². The lowest BCUT2D eigenvalue weighted by molar-refractivity contribution is -0.142. The van der Waals surface area contributed by atoms with Crippen LogP contribution in [0.3, 0.4) is 0 Å². The Morgan fingerprint density at radius 2 is 1.92 bits per heavy atom. The number of nitrogens with two attached hydrogens (primary N) is 2. The van der Waals surface area contributed by atoms with Crippen LogP contribution in [0.5, 0.6) is 0 Å². The minimum Gasteiger partial charge on any atom is -0.480 e. The third-order valence-electron chi connectivity index (χ3n) is 4.02. The molecule has 7 N–H and O–H groups in total. The van der Waals surface area contributed by atoms with E-state index in [2.05, 4.69) is 10.6 Å². The maximum absolute atomic E-state index is 12.5. The molecule has 0 aromatic carbocycles. The summed E-state index contributed by atoms with van der Waals surface area (Å²) in [7, 11) is 0. The van der Waals surface area contributed by atoms with Crippen LogP contribution in [-0.4, -0.2) is 70.8 Å². The number of nitrogens with zero attached hydrogens (tertiary/aromatic N) is 1. The molecule has 0 bridgehead atoms. The number of rotatable bonds is 9. The molecular formula is C15H25N5O6. The SMILES string of the molecule is CC(NC(=O)C(N)CCC(N)=O)C(=O)N1CCCC1C(=O)NCC(=O)O. The number of hydrogen-bond acceptors (Lipinski definition) is 6. The largest absolute Gasteiger partial charge is 0.480 e. The van der Waals surface area contributed by atoms with Crippen LogP contribution in [0.1, 0.15) is 32.6 Å². The van der Waals surface area contributed by atoms with Crippen molar-refractivity contribution in [2.45, 2.75) is 50.7 Å². The highest BCUT2D eigenvalue weighted by atomic mass is 16.4. The standard InChI is InChI=1S/C15H25N5O6/c1-8(19-13(24)9(16)4-5-11(17)21)15(26)20-6-2-3-10(20)14(25)18-7-12(22)23/h8-10H,2-7,16H2,1H3,(H2,17,21)(H,18,25)(H,19,24)(H,22,23). The number of nitrogens with one attached hydrogen (secondary N) is 2. The van der Waals surface area contributed by atoms with Gasteiger partial charge in [-0.2, -0.15) is 0 Å².